The molecular formula is C18H23N3O4S. The summed E-state index contributed by atoms with van der Waals surface area (Å²) in [5, 5.41) is 8.46. The zero-order chi connectivity index (χ0) is 19.1. The van der Waals surface area contributed by atoms with Crippen LogP contribution < -0.4 is 16.0 Å². The molecule has 1 aliphatic carbocycles. The minimum atomic E-state index is -0.420. The first-order valence-corrected chi connectivity index (χ1v) is 8.97. The van der Waals surface area contributed by atoms with Crippen LogP contribution in [0, 0.1) is 12.8 Å². The number of anilines is 2. The molecule has 1 aromatic carbocycles. The zero-order valence-corrected chi connectivity index (χ0v) is 15.7. The second-order valence-electron chi connectivity index (χ2n) is 6.10. The van der Waals surface area contributed by atoms with E-state index in [1.807, 2.05) is 13.0 Å². The molecule has 2 amide bonds. The summed E-state index contributed by atoms with van der Waals surface area (Å²) in [4.78, 5) is 35.0. The fourth-order valence-corrected chi connectivity index (χ4v) is 2.45. The molecule has 1 aliphatic rings. The van der Waals surface area contributed by atoms with Crippen molar-refractivity contribution in [2.24, 2.45) is 5.92 Å². The number of carbonyl (C=O) groups is 3. The van der Waals surface area contributed by atoms with Crippen molar-refractivity contribution in [3.63, 3.8) is 0 Å². The SMILES string of the molecule is CCOC(=O)CCC(=O)NC(=S)Nc1ccc(C)c(NC(=O)C2CC2)c1. The predicted molar refractivity (Wildman–Crippen MR) is 103 cm³/mol. The molecule has 3 N–H and O–H groups in total. The Morgan fingerprint density at radius 3 is 2.58 bits per heavy atom. The van der Waals surface area contributed by atoms with Gasteiger partial charge in [-0.05, 0) is 56.6 Å². The lowest BCUT2D eigenvalue weighted by Gasteiger charge is -2.13. The van der Waals surface area contributed by atoms with Gasteiger partial charge in [-0.2, -0.15) is 0 Å². The molecule has 0 atom stereocenters. The monoisotopic (exact) mass is 377 g/mol. The van der Waals surface area contributed by atoms with Crippen LogP contribution in [-0.4, -0.2) is 29.5 Å². The average Bonchev–Trinajstić information content (AvgIpc) is 3.41. The van der Waals surface area contributed by atoms with Gasteiger partial charge >= 0.3 is 5.97 Å². The molecule has 1 saturated carbocycles. The minimum absolute atomic E-state index is 0.00273. The number of aryl methyl sites for hydroxylation is 1. The van der Waals surface area contributed by atoms with Gasteiger partial charge < -0.3 is 20.7 Å². The second kappa shape index (κ2) is 9.28. The van der Waals surface area contributed by atoms with E-state index in [0.717, 1.165) is 18.4 Å². The normalized spacial score (nSPS) is 12.8. The highest BCUT2D eigenvalue weighted by Gasteiger charge is 2.29. The Bertz CT molecular complexity index is 716. The molecule has 8 heteroatoms. The van der Waals surface area contributed by atoms with Crippen molar-refractivity contribution >= 4 is 46.5 Å². The number of ether oxygens (including phenoxy) is 1. The number of hydrogen-bond donors (Lipinski definition) is 3. The van der Waals surface area contributed by atoms with Crippen LogP contribution in [0.4, 0.5) is 11.4 Å². The molecule has 0 spiro atoms. The van der Waals surface area contributed by atoms with Crippen LogP contribution in [0.15, 0.2) is 18.2 Å². The molecule has 0 bridgehead atoms. The number of amides is 2. The topological polar surface area (TPSA) is 96.5 Å². The van der Waals surface area contributed by atoms with Gasteiger partial charge in [0.05, 0.1) is 13.0 Å². The number of esters is 1. The lowest BCUT2D eigenvalue weighted by Crippen LogP contribution is -2.34. The Balaban J connectivity index is 1.85. The molecule has 140 valence electrons. The zero-order valence-electron chi connectivity index (χ0n) is 14.9. The summed E-state index contributed by atoms with van der Waals surface area (Å²) in [5.74, 6) is -0.646. The van der Waals surface area contributed by atoms with Crippen molar-refractivity contribution in [3.05, 3.63) is 23.8 Å². The molecule has 1 aromatic rings. The maximum Gasteiger partial charge on any atom is 0.306 e. The summed E-state index contributed by atoms with van der Waals surface area (Å²) in [5.41, 5.74) is 2.30. The standard InChI is InChI=1S/C18H23N3O4S/c1-3-25-16(23)9-8-15(22)21-18(26)19-13-7-4-11(2)14(10-13)20-17(24)12-5-6-12/h4,7,10,12H,3,5-6,8-9H2,1-2H3,(H,20,24)(H2,19,21,22,26). The quantitative estimate of drug-likeness (QED) is 0.499. The van der Waals surface area contributed by atoms with E-state index in [4.69, 9.17) is 17.0 Å². The van der Waals surface area contributed by atoms with Crippen LogP contribution in [0.25, 0.3) is 0 Å². The third-order valence-electron chi connectivity index (χ3n) is 3.82. The van der Waals surface area contributed by atoms with Gasteiger partial charge in [-0.3, -0.25) is 14.4 Å². The van der Waals surface area contributed by atoms with Gasteiger partial charge in [0.25, 0.3) is 0 Å². The molecule has 7 nitrogen and oxygen atoms in total. The highest BCUT2D eigenvalue weighted by atomic mass is 32.1. The van der Waals surface area contributed by atoms with Gasteiger partial charge in [-0.1, -0.05) is 6.07 Å². The maximum atomic E-state index is 11.9. The van der Waals surface area contributed by atoms with Crippen molar-refractivity contribution in [3.8, 4) is 0 Å². The third-order valence-corrected chi connectivity index (χ3v) is 4.02. The Morgan fingerprint density at radius 1 is 1.19 bits per heavy atom. The van der Waals surface area contributed by atoms with Crippen molar-refractivity contribution < 1.29 is 19.1 Å². The molecule has 0 aliphatic heterocycles. The van der Waals surface area contributed by atoms with E-state index in [1.54, 1.807) is 19.1 Å². The lowest BCUT2D eigenvalue weighted by molar-refractivity contribution is -0.144. The van der Waals surface area contributed by atoms with Gasteiger partial charge in [0.1, 0.15) is 0 Å². The van der Waals surface area contributed by atoms with Gasteiger partial charge in [0.2, 0.25) is 11.8 Å². The molecule has 26 heavy (non-hydrogen) atoms. The number of hydrogen-bond acceptors (Lipinski definition) is 5. The fourth-order valence-electron chi connectivity index (χ4n) is 2.21. The second-order valence-corrected chi connectivity index (χ2v) is 6.51. The molecule has 0 unspecified atom stereocenters. The van der Waals surface area contributed by atoms with Gasteiger partial charge in [-0.25, -0.2) is 0 Å². The fraction of sp³-hybridized carbons (Fsp3) is 0.444. The summed E-state index contributed by atoms with van der Waals surface area (Å²) in [7, 11) is 0. The number of thiocarbonyl (C=S) groups is 1. The summed E-state index contributed by atoms with van der Waals surface area (Å²) in [6, 6.07) is 5.43. The summed E-state index contributed by atoms with van der Waals surface area (Å²) < 4.78 is 4.77. The lowest BCUT2D eigenvalue weighted by atomic mass is 10.1. The van der Waals surface area contributed by atoms with E-state index in [-0.39, 0.29) is 42.3 Å². The Hall–Kier alpha value is -2.48. The molecule has 1 fully saturated rings. The van der Waals surface area contributed by atoms with Crippen LogP contribution in [-0.2, 0) is 19.1 Å². The molecular weight excluding hydrogens is 354 g/mol. The molecule has 0 aromatic heterocycles. The predicted octanol–water partition coefficient (Wildman–Crippen LogP) is 2.50. The van der Waals surface area contributed by atoms with Crippen LogP contribution >= 0.6 is 12.2 Å². The number of carbonyl (C=O) groups excluding carboxylic acids is 3. The van der Waals surface area contributed by atoms with Gasteiger partial charge in [0.15, 0.2) is 5.11 Å². The van der Waals surface area contributed by atoms with E-state index in [2.05, 4.69) is 16.0 Å². The Kier molecular flexibility index (Phi) is 7.08. The van der Waals surface area contributed by atoms with Crippen LogP contribution in [0.1, 0.15) is 38.2 Å². The summed E-state index contributed by atoms with van der Waals surface area (Å²) in [6.07, 6.45) is 1.87. The largest absolute Gasteiger partial charge is 0.466 e. The van der Waals surface area contributed by atoms with Crippen LogP contribution in [0.5, 0.6) is 0 Å². The number of nitrogens with one attached hydrogen (secondary N) is 3. The van der Waals surface area contributed by atoms with Gasteiger partial charge in [0, 0.05) is 23.7 Å². The summed E-state index contributed by atoms with van der Waals surface area (Å²) >= 11 is 5.11. The minimum Gasteiger partial charge on any atom is -0.466 e. The first-order valence-electron chi connectivity index (χ1n) is 8.57. The highest BCUT2D eigenvalue weighted by molar-refractivity contribution is 7.80. The van der Waals surface area contributed by atoms with E-state index < -0.39 is 5.97 Å². The smallest absolute Gasteiger partial charge is 0.306 e. The van der Waals surface area contributed by atoms with E-state index in [9.17, 15) is 14.4 Å². The van der Waals surface area contributed by atoms with Crippen LogP contribution in [0.3, 0.4) is 0 Å². The Labute approximate surface area is 157 Å². The first kappa shape index (κ1) is 19.8. The molecule has 0 heterocycles. The van der Waals surface area contributed by atoms with Gasteiger partial charge in [-0.15, -0.1) is 0 Å². The average molecular weight is 377 g/mol. The summed E-state index contributed by atoms with van der Waals surface area (Å²) in [6.45, 7) is 3.90. The molecule has 0 radical (unpaired) electrons. The van der Waals surface area contributed by atoms with Crippen molar-refractivity contribution in [1.29, 1.82) is 0 Å². The number of rotatable bonds is 7. The maximum absolute atomic E-state index is 11.9. The van der Waals surface area contributed by atoms with E-state index >= 15 is 0 Å². The molecule has 0 saturated heterocycles. The van der Waals surface area contributed by atoms with E-state index in [1.165, 1.54) is 0 Å². The Morgan fingerprint density at radius 2 is 1.92 bits per heavy atom. The van der Waals surface area contributed by atoms with Crippen molar-refractivity contribution in [2.45, 2.75) is 39.5 Å². The van der Waals surface area contributed by atoms with Crippen molar-refractivity contribution in [1.82, 2.24) is 5.32 Å². The van der Waals surface area contributed by atoms with Crippen LogP contribution in [0.2, 0.25) is 0 Å². The third kappa shape index (κ3) is 6.44. The van der Waals surface area contributed by atoms with E-state index in [0.29, 0.717) is 11.4 Å². The highest BCUT2D eigenvalue weighted by Crippen LogP contribution is 2.31. The van der Waals surface area contributed by atoms with Crippen molar-refractivity contribution in [2.75, 3.05) is 17.2 Å². The number of benzene rings is 1. The molecule has 2 rings (SSSR count). The first-order chi connectivity index (χ1) is 12.4.